The van der Waals surface area contributed by atoms with E-state index < -0.39 is 5.41 Å². The van der Waals surface area contributed by atoms with Gasteiger partial charge in [-0.3, -0.25) is 4.79 Å². The number of Topliss-reactive ketones (excluding diaryl/α,β-unsaturated/α-hetero) is 1. The molecule has 1 saturated carbocycles. The molecule has 0 N–H and O–H groups in total. The summed E-state index contributed by atoms with van der Waals surface area (Å²) in [6, 6.07) is 11.0. The number of amidine groups is 1. The number of hydrogen-bond donors (Lipinski definition) is 0. The Labute approximate surface area is 158 Å². The second-order valence-corrected chi connectivity index (χ2v) is 8.96. The van der Waals surface area contributed by atoms with Crippen LogP contribution in [0.2, 0.25) is 0 Å². The molecular formula is C22H24N2OS. The van der Waals surface area contributed by atoms with Crippen molar-refractivity contribution in [1.82, 2.24) is 0 Å². The number of aliphatic imine (C=N–C) groups is 1. The first-order valence-corrected chi connectivity index (χ1v) is 10.6. The molecule has 0 radical (unpaired) electrons. The first-order chi connectivity index (χ1) is 12.7. The molecule has 1 aromatic carbocycles. The fraction of sp³-hybridized carbons (Fsp3) is 0.455. The maximum Gasteiger partial charge on any atom is 0.179 e. The summed E-state index contributed by atoms with van der Waals surface area (Å²) in [7, 11) is 0. The second kappa shape index (κ2) is 6.05. The van der Waals surface area contributed by atoms with E-state index in [4.69, 9.17) is 4.99 Å². The van der Waals surface area contributed by atoms with E-state index in [0.717, 1.165) is 35.3 Å². The molecule has 1 atom stereocenters. The molecule has 0 spiro atoms. The fourth-order valence-electron chi connectivity index (χ4n) is 4.82. The van der Waals surface area contributed by atoms with Crippen LogP contribution in [-0.4, -0.2) is 18.2 Å². The van der Waals surface area contributed by atoms with E-state index in [1.165, 1.54) is 43.4 Å². The molecule has 0 amide bonds. The lowest BCUT2D eigenvalue weighted by Crippen LogP contribution is -2.40. The van der Waals surface area contributed by atoms with E-state index >= 15 is 0 Å². The molecule has 134 valence electrons. The van der Waals surface area contributed by atoms with Crippen molar-refractivity contribution in [2.24, 2.45) is 10.4 Å². The van der Waals surface area contributed by atoms with Crippen LogP contribution in [0.1, 0.15) is 67.3 Å². The molecule has 26 heavy (non-hydrogen) atoms. The van der Waals surface area contributed by atoms with Crippen LogP contribution in [0.4, 0.5) is 10.7 Å². The summed E-state index contributed by atoms with van der Waals surface area (Å²) in [5.74, 6) is 1.90. The number of rotatable bonds is 2. The number of anilines is 1. The average molecular weight is 365 g/mol. The highest BCUT2D eigenvalue weighted by molar-refractivity contribution is 7.14. The average Bonchev–Trinajstić information content (AvgIpc) is 3.28. The van der Waals surface area contributed by atoms with E-state index in [2.05, 4.69) is 36.1 Å². The smallest absolute Gasteiger partial charge is 0.179 e. The molecule has 0 bridgehead atoms. The normalized spacial score (nSPS) is 25.8. The van der Waals surface area contributed by atoms with Gasteiger partial charge >= 0.3 is 0 Å². The lowest BCUT2D eigenvalue weighted by atomic mass is 9.79. The Balaban J connectivity index is 1.47. The van der Waals surface area contributed by atoms with Gasteiger partial charge in [0.1, 0.15) is 10.8 Å². The van der Waals surface area contributed by atoms with Gasteiger partial charge in [0.15, 0.2) is 5.78 Å². The van der Waals surface area contributed by atoms with Crippen LogP contribution in [0.25, 0.3) is 0 Å². The minimum absolute atomic E-state index is 0.236. The van der Waals surface area contributed by atoms with Crippen LogP contribution in [0, 0.1) is 5.41 Å². The zero-order valence-corrected chi connectivity index (χ0v) is 16.0. The van der Waals surface area contributed by atoms with Gasteiger partial charge in [0.2, 0.25) is 0 Å². The Morgan fingerprint density at radius 2 is 1.88 bits per heavy atom. The van der Waals surface area contributed by atoms with Gasteiger partial charge in [0, 0.05) is 12.2 Å². The van der Waals surface area contributed by atoms with E-state index in [1.807, 2.05) is 11.4 Å². The minimum Gasteiger partial charge on any atom is -0.329 e. The van der Waals surface area contributed by atoms with E-state index in [-0.39, 0.29) is 5.78 Å². The number of ketones is 1. The highest BCUT2D eigenvalue weighted by atomic mass is 32.1. The highest BCUT2D eigenvalue weighted by Crippen LogP contribution is 2.46. The molecule has 2 aliphatic heterocycles. The first kappa shape index (κ1) is 16.2. The maximum absolute atomic E-state index is 13.0. The predicted molar refractivity (Wildman–Crippen MR) is 108 cm³/mol. The number of fused-ring (bicyclic) bond motifs is 2. The molecule has 1 aromatic heterocycles. The fourth-order valence-corrected chi connectivity index (χ4v) is 5.58. The standard InChI is InChI=1S/C22H24N2OS/c1-22-12-13-24(21(22)23-20-18(19(22)25)11-14-26-20)17-9-7-16(8-10-17)15-5-3-2-4-6-15/h7-11,14-15H,2-6,12-13H2,1H3. The molecular weight excluding hydrogens is 340 g/mol. The van der Waals surface area contributed by atoms with Gasteiger partial charge in [0.05, 0.1) is 11.0 Å². The van der Waals surface area contributed by atoms with Gasteiger partial charge in [-0.1, -0.05) is 31.4 Å². The van der Waals surface area contributed by atoms with Crippen LogP contribution in [0.15, 0.2) is 40.7 Å². The van der Waals surface area contributed by atoms with Gasteiger partial charge in [-0.15, -0.1) is 11.3 Å². The molecule has 2 aromatic rings. The van der Waals surface area contributed by atoms with Gasteiger partial charge in [-0.25, -0.2) is 4.99 Å². The van der Waals surface area contributed by atoms with Gasteiger partial charge in [-0.2, -0.15) is 0 Å². The Morgan fingerprint density at radius 1 is 1.12 bits per heavy atom. The summed E-state index contributed by atoms with van der Waals surface area (Å²) in [4.78, 5) is 20.2. The second-order valence-electron chi connectivity index (χ2n) is 8.06. The van der Waals surface area contributed by atoms with Crippen molar-refractivity contribution in [2.75, 3.05) is 11.4 Å². The number of hydrogen-bond acceptors (Lipinski definition) is 4. The Kier molecular flexibility index (Phi) is 3.78. The van der Waals surface area contributed by atoms with Gasteiger partial charge in [0.25, 0.3) is 0 Å². The van der Waals surface area contributed by atoms with Crippen molar-refractivity contribution in [1.29, 1.82) is 0 Å². The number of carbonyl (C=O) groups excluding carboxylic acids is 1. The van der Waals surface area contributed by atoms with Crippen molar-refractivity contribution in [3.8, 4) is 0 Å². The van der Waals surface area contributed by atoms with Crippen molar-refractivity contribution < 1.29 is 4.79 Å². The van der Waals surface area contributed by atoms with Crippen molar-refractivity contribution in [3.05, 3.63) is 46.8 Å². The number of benzene rings is 1. The molecule has 5 rings (SSSR count). The quantitative estimate of drug-likeness (QED) is 0.661. The molecule has 4 heteroatoms. The zero-order valence-electron chi connectivity index (χ0n) is 15.2. The van der Waals surface area contributed by atoms with Crippen molar-refractivity contribution in [2.45, 2.75) is 51.4 Å². The lowest BCUT2D eigenvalue weighted by molar-refractivity contribution is 0.0888. The largest absolute Gasteiger partial charge is 0.329 e. The topological polar surface area (TPSA) is 32.7 Å². The summed E-state index contributed by atoms with van der Waals surface area (Å²) in [5, 5.41) is 2.84. The van der Waals surface area contributed by atoms with E-state index in [9.17, 15) is 4.79 Å². The first-order valence-electron chi connectivity index (χ1n) is 9.76. The van der Waals surface area contributed by atoms with Crippen LogP contribution in [-0.2, 0) is 0 Å². The molecule has 1 saturated heterocycles. The molecule has 2 fully saturated rings. The lowest BCUT2D eigenvalue weighted by Gasteiger charge is -2.30. The molecule has 3 heterocycles. The van der Waals surface area contributed by atoms with Crippen LogP contribution in [0.3, 0.4) is 0 Å². The van der Waals surface area contributed by atoms with Crippen LogP contribution in [0.5, 0.6) is 0 Å². The summed E-state index contributed by atoms with van der Waals surface area (Å²) < 4.78 is 0. The van der Waals surface area contributed by atoms with E-state index in [0.29, 0.717) is 0 Å². The molecule has 1 aliphatic carbocycles. The number of nitrogens with zero attached hydrogens (tertiary/aromatic N) is 2. The molecule has 1 unspecified atom stereocenters. The SMILES string of the molecule is CC12CCN(c3ccc(C4CCCCC4)cc3)C1=Nc1sccc1C2=O. The monoisotopic (exact) mass is 364 g/mol. The highest BCUT2D eigenvalue weighted by Gasteiger charge is 2.50. The number of carbonyl (C=O) groups is 1. The van der Waals surface area contributed by atoms with Crippen molar-refractivity contribution >= 4 is 33.6 Å². The summed E-state index contributed by atoms with van der Waals surface area (Å²) in [6.07, 6.45) is 7.59. The maximum atomic E-state index is 13.0. The Hall–Kier alpha value is -1.94. The van der Waals surface area contributed by atoms with E-state index in [1.54, 1.807) is 11.3 Å². The third-order valence-electron chi connectivity index (χ3n) is 6.46. The summed E-state index contributed by atoms with van der Waals surface area (Å²) >= 11 is 1.56. The Morgan fingerprint density at radius 3 is 2.65 bits per heavy atom. The zero-order chi connectivity index (χ0) is 17.7. The third kappa shape index (κ3) is 2.38. The van der Waals surface area contributed by atoms with Gasteiger partial charge < -0.3 is 4.90 Å². The van der Waals surface area contributed by atoms with Gasteiger partial charge in [-0.05, 0) is 61.2 Å². The molecule has 3 aliphatic rings. The van der Waals surface area contributed by atoms with Crippen LogP contribution >= 0.6 is 11.3 Å². The Bertz CT molecular complexity index is 876. The van der Waals surface area contributed by atoms with Crippen LogP contribution < -0.4 is 4.90 Å². The minimum atomic E-state index is -0.476. The summed E-state index contributed by atoms with van der Waals surface area (Å²) in [5.41, 5.74) is 2.96. The van der Waals surface area contributed by atoms with Crippen molar-refractivity contribution in [3.63, 3.8) is 0 Å². The molecule has 3 nitrogen and oxygen atoms in total. The third-order valence-corrected chi connectivity index (χ3v) is 7.27. The number of thiophene rings is 1. The predicted octanol–water partition coefficient (Wildman–Crippen LogP) is 5.94. The summed E-state index contributed by atoms with van der Waals surface area (Å²) in [6.45, 7) is 2.92.